The van der Waals surface area contributed by atoms with E-state index in [4.69, 9.17) is 15.9 Å². The number of carbonyl (C=O) groups is 2. The molecule has 1 aliphatic rings. The van der Waals surface area contributed by atoms with Crippen molar-refractivity contribution in [2.24, 2.45) is 5.73 Å². The maximum Gasteiger partial charge on any atom is 0.251 e. The summed E-state index contributed by atoms with van der Waals surface area (Å²) in [7, 11) is 0. The quantitative estimate of drug-likeness (QED) is 0.0874. The summed E-state index contributed by atoms with van der Waals surface area (Å²) < 4.78 is 6.43. The van der Waals surface area contributed by atoms with Gasteiger partial charge in [-0.2, -0.15) is 0 Å². The van der Waals surface area contributed by atoms with Crippen molar-refractivity contribution in [2.45, 2.75) is 44.1 Å². The van der Waals surface area contributed by atoms with Gasteiger partial charge in [0.05, 0.1) is 19.2 Å². The average molecular weight is 607 g/mol. The maximum absolute atomic E-state index is 14.0. The fraction of sp³-hybridized carbons (Fsp3) is 0.306. The molecule has 0 radical (unpaired) electrons. The topological polar surface area (TPSA) is 133 Å². The molecule has 9 heteroatoms. The Kier molecular flexibility index (Phi) is 11.1. The lowest BCUT2D eigenvalue weighted by atomic mass is 10.1. The maximum atomic E-state index is 14.0. The summed E-state index contributed by atoms with van der Waals surface area (Å²) in [4.78, 5) is 29.0. The molecule has 4 aromatic rings. The first-order valence-electron chi connectivity index (χ1n) is 15.6. The van der Waals surface area contributed by atoms with Crippen molar-refractivity contribution in [1.29, 1.82) is 5.41 Å². The first-order chi connectivity index (χ1) is 22.0. The van der Waals surface area contributed by atoms with E-state index in [0.717, 1.165) is 21.9 Å². The van der Waals surface area contributed by atoms with Gasteiger partial charge in [0, 0.05) is 31.2 Å². The summed E-state index contributed by atoms with van der Waals surface area (Å²) in [6.07, 6.45) is 1.58. The van der Waals surface area contributed by atoms with Crippen LogP contribution in [0, 0.1) is 5.41 Å². The van der Waals surface area contributed by atoms with Crippen LogP contribution in [0.5, 0.6) is 0 Å². The monoisotopic (exact) mass is 606 g/mol. The Balaban J connectivity index is 1.27. The SMILES string of the molecule is N=C(N)NCCC[C@@H]1N[C@H](CNC(=O)c2ccc3ccccc3c2)CCN(CC(OCc2ccccc2)c2ccccc2)C1=O. The number of guanidine groups is 1. The van der Waals surface area contributed by atoms with E-state index in [1.807, 2.05) is 108 Å². The van der Waals surface area contributed by atoms with E-state index in [0.29, 0.717) is 57.6 Å². The van der Waals surface area contributed by atoms with Crippen LogP contribution in [0.2, 0.25) is 0 Å². The van der Waals surface area contributed by atoms with Gasteiger partial charge < -0.3 is 31.3 Å². The summed E-state index contributed by atoms with van der Waals surface area (Å²) in [6, 6.07) is 33.2. The van der Waals surface area contributed by atoms with Gasteiger partial charge in [0.25, 0.3) is 5.91 Å². The fourth-order valence-corrected chi connectivity index (χ4v) is 5.70. The number of nitrogens with two attached hydrogens (primary N) is 1. The Labute approximate surface area is 264 Å². The van der Waals surface area contributed by atoms with Crippen LogP contribution in [0.25, 0.3) is 10.8 Å². The Morgan fingerprint density at radius 1 is 0.956 bits per heavy atom. The van der Waals surface area contributed by atoms with Crippen molar-refractivity contribution < 1.29 is 14.3 Å². The van der Waals surface area contributed by atoms with Crippen LogP contribution in [0.4, 0.5) is 0 Å². The third-order valence-corrected chi connectivity index (χ3v) is 8.15. The zero-order valence-electron chi connectivity index (χ0n) is 25.5. The predicted octanol–water partition coefficient (Wildman–Crippen LogP) is 4.35. The summed E-state index contributed by atoms with van der Waals surface area (Å²) in [6.45, 7) is 2.27. The van der Waals surface area contributed by atoms with Gasteiger partial charge in [-0.25, -0.2) is 0 Å². The Morgan fingerprint density at radius 2 is 1.67 bits per heavy atom. The number of amides is 2. The number of rotatable bonds is 13. The third kappa shape index (κ3) is 9.14. The van der Waals surface area contributed by atoms with Crippen molar-refractivity contribution in [3.05, 3.63) is 120 Å². The van der Waals surface area contributed by atoms with E-state index < -0.39 is 6.04 Å². The predicted molar refractivity (Wildman–Crippen MR) is 178 cm³/mol. The normalized spacial score (nSPS) is 17.4. The molecule has 0 spiro atoms. The first-order valence-corrected chi connectivity index (χ1v) is 15.6. The van der Waals surface area contributed by atoms with Crippen molar-refractivity contribution >= 4 is 28.5 Å². The van der Waals surface area contributed by atoms with Crippen LogP contribution in [0.15, 0.2) is 103 Å². The molecular weight excluding hydrogens is 564 g/mol. The van der Waals surface area contributed by atoms with E-state index in [2.05, 4.69) is 16.0 Å². The van der Waals surface area contributed by atoms with Crippen LogP contribution in [-0.4, -0.2) is 60.9 Å². The molecule has 1 saturated heterocycles. The molecule has 0 aromatic heterocycles. The van der Waals surface area contributed by atoms with E-state index in [1.54, 1.807) is 0 Å². The number of ether oxygens (including phenoxy) is 1. The second kappa shape index (κ2) is 15.8. The van der Waals surface area contributed by atoms with E-state index in [-0.39, 0.29) is 29.9 Å². The summed E-state index contributed by atoms with van der Waals surface area (Å²) in [5.41, 5.74) is 8.15. The van der Waals surface area contributed by atoms with Crippen molar-refractivity contribution in [3.8, 4) is 0 Å². The van der Waals surface area contributed by atoms with Crippen molar-refractivity contribution in [3.63, 3.8) is 0 Å². The Bertz CT molecular complexity index is 1570. The lowest BCUT2D eigenvalue weighted by Gasteiger charge is -2.29. The molecule has 6 N–H and O–H groups in total. The lowest BCUT2D eigenvalue weighted by Crippen LogP contribution is -2.49. The molecule has 2 amide bonds. The molecule has 1 heterocycles. The van der Waals surface area contributed by atoms with E-state index in [9.17, 15) is 9.59 Å². The Morgan fingerprint density at radius 3 is 2.42 bits per heavy atom. The number of carbonyl (C=O) groups excluding carboxylic acids is 2. The molecule has 0 aliphatic carbocycles. The highest BCUT2D eigenvalue weighted by Gasteiger charge is 2.32. The minimum Gasteiger partial charge on any atom is -0.370 e. The highest BCUT2D eigenvalue weighted by molar-refractivity contribution is 5.98. The molecule has 1 unspecified atom stereocenters. The zero-order chi connectivity index (χ0) is 31.4. The van der Waals surface area contributed by atoms with Crippen LogP contribution in [-0.2, 0) is 16.1 Å². The van der Waals surface area contributed by atoms with Crippen molar-refractivity contribution in [2.75, 3.05) is 26.2 Å². The molecule has 1 aliphatic heterocycles. The minimum absolute atomic E-state index is 0.00502. The summed E-state index contributed by atoms with van der Waals surface area (Å²) >= 11 is 0. The summed E-state index contributed by atoms with van der Waals surface area (Å²) in [5, 5.41) is 19.0. The average Bonchev–Trinajstić information content (AvgIpc) is 3.22. The van der Waals surface area contributed by atoms with Gasteiger partial charge >= 0.3 is 0 Å². The molecule has 1 fully saturated rings. The Hall–Kier alpha value is -4.73. The summed E-state index contributed by atoms with van der Waals surface area (Å²) in [5.74, 6) is -0.228. The van der Waals surface area contributed by atoms with Gasteiger partial charge in [-0.1, -0.05) is 91.0 Å². The molecule has 9 nitrogen and oxygen atoms in total. The molecule has 5 rings (SSSR count). The van der Waals surface area contributed by atoms with Gasteiger partial charge in [0.2, 0.25) is 5.91 Å². The van der Waals surface area contributed by atoms with Gasteiger partial charge in [0.1, 0.15) is 6.10 Å². The number of nitrogens with one attached hydrogen (secondary N) is 4. The highest BCUT2D eigenvalue weighted by Crippen LogP contribution is 2.23. The number of hydrogen-bond donors (Lipinski definition) is 5. The minimum atomic E-state index is -0.450. The smallest absolute Gasteiger partial charge is 0.251 e. The molecular formula is C36H42N6O3. The highest BCUT2D eigenvalue weighted by atomic mass is 16.5. The molecule has 0 saturated carbocycles. The fourth-order valence-electron chi connectivity index (χ4n) is 5.70. The largest absolute Gasteiger partial charge is 0.370 e. The third-order valence-electron chi connectivity index (χ3n) is 8.15. The molecule has 234 valence electrons. The zero-order valence-corrected chi connectivity index (χ0v) is 25.5. The van der Waals surface area contributed by atoms with E-state index in [1.165, 1.54) is 0 Å². The van der Waals surface area contributed by atoms with Crippen LogP contribution in [0.1, 0.15) is 46.9 Å². The number of fused-ring (bicyclic) bond motifs is 1. The van der Waals surface area contributed by atoms with E-state index >= 15 is 0 Å². The van der Waals surface area contributed by atoms with Crippen molar-refractivity contribution in [1.82, 2.24) is 20.9 Å². The van der Waals surface area contributed by atoms with Crippen LogP contribution >= 0.6 is 0 Å². The standard InChI is InChI=1S/C36H42N6O3/c37-36(38)39-20-9-16-32-35(44)42(24-33(28-13-5-2-6-14-28)45-25-26-10-3-1-4-11-26)21-19-31(41-32)23-40-34(43)30-18-17-27-12-7-8-15-29(27)22-30/h1-8,10-15,17-18,22,31-33,41H,9,16,19-21,23-25H2,(H,40,43)(H4,37,38,39)/t31-,32-,33?/m0/s1. The second-order valence-electron chi connectivity index (χ2n) is 11.4. The number of benzene rings is 4. The molecule has 45 heavy (non-hydrogen) atoms. The van der Waals surface area contributed by atoms with Gasteiger partial charge in [-0.3, -0.25) is 15.0 Å². The molecule has 3 atom stereocenters. The number of nitrogens with zero attached hydrogens (tertiary/aromatic N) is 1. The molecule has 0 bridgehead atoms. The number of hydrogen-bond acceptors (Lipinski definition) is 5. The first kappa shape index (κ1) is 31.7. The molecule has 4 aromatic carbocycles. The second-order valence-corrected chi connectivity index (χ2v) is 11.4. The lowest BCUT2D eigenvalue weighted by molar-refractivity contribution is -0.135. The van der Waals surface area contributed by atoms with Crippen LogP contribution in [0.3, 0.4) is 0 Å². The van der Waals surface area contributed by atoms with Gasteiger partial charge in [0.15, 0.2) is 5.96 Å². The van der Waals surface area contributed by atoms with Gasteiger partial charge in [-0.15, -0.1) is 0 Å². The van der Waals surface area contributed by atoms with Gasteiger partial charge in [-0.05, 0) is 53.3 Å². The van der Waals surface area contributed by atoms with Crippen LogP contribution < -0.4 is 21.7 Å².